The second kappa shape index (κ2) is 9.55. The molecule has 7 heteroatoms. The molecule has 0 unspecified atom stereocenters. The quantitative estimate of drug-likeness (QED) is 0.468. The molecule has 0 N–H and O–H groups in total. The highest BCUT2D eigenvalue weighted by Crippen LogP contribution is 2.61. The zero-order chi connectivity index (χ0) is 24.9. The Balaban J connectivity index is 1.26. The summed E-state index contributed by atoms with van der Waals surface area (Å²) in [5, 5.41) is -0.369. The molecule has 2 heterocycles. The van der Waals surface area contributed by atoms with Gasteiger partial charge in [0.2, 0.25) is 5.91 Å². The molecule has 36 heavy (non-hydrogen) atoms. The van der Waals surface area contributed by atoms with Gasteiger partial charge in [0, 0.05) is 18.7 Å². The number of carbonyl (C=O) groups is 3. The van der Waals surface area contributed by atoms with Crippen molar-refractivity contribution in [1.29, 1.82) is 0 Å². The van der Waals surface area contributed by atoms with Gasteiger partial charge in [-0.05, 0) is 123 Å². The molecule has 0 radical (unpaired) electrons. The van der Waals surface area contributed by atoms with Crippen molar-refractivity contribution in [3.8, 4) is 5.75 Å². The van der Waals surface area contributed by atoms with Crippen LogP contribution in [-0.4, -0.2) is 53.1 Å². The molecule has 4 bridgehead atoms. The van der Waals surface area contributed by atoms with Crippen LogP contribution in [0.1, 0.15) is 75.8 Å². The number of hydrogen-bond acceptors (Lipinski definition) is 5. The lowest BCUT2D eigenvalue weighted by Gasteiger charge is -2.57. The van der Waals surface area contributed by atoms with E-state index in [4.69, 9.17) is 4.74 Å². The fourth-order valence-electron chi connectivity index (χ4n) is 7.90. The molecule has 7 rings (SSSR count). The van der Waals surface area contributed by atoms with E-state index in [0.717, 1.165) is 65.0 Å². The third-order valence-electron chi connectivity index (χ3n) is 9.12. The second-order valence-electron chi connectivity index (χ2n) is 11.6. The van der Waals surface area contributed by atoms with Gasteiger partial charge in [-0.2, -0.15) is 0 Å². The van der Waals surface area contributed by atoms with Crippen LogP contribution in [0.5, 0.6) is 5.75 Å². The number of hydrogen-bond donors (Lipinski definition) is 0. The predicted molar refractivity (Wildman–Crippen MR) is 141 cm³/mol. The standard InChI is InChI=1S/C29H36N2O4S/c1-2-35-24-7-6-23(29-15-19-10-20(16-29)12-21(11-19)17-29)13-22(24)14-25-27(33)31(28(34)36-25)18-26(32)30-8-4-3-5-9-30/h6-7,13-14,19-21H,2-5,8-12,15-18H2,1H3/b25-14-. The summed E-state index contributed by atoms with van der Waals surface area (Å²) < 4.78 is 5.93. The fourth-order valence-corrected chi connectivity index (χ4v) is 8.73. The Hall–Kier alpha value is -2.28. The monoisotopic (exact) mass is 508 g/mol. The van der Waals surface area contributed by atoms with Gasteiger partial charge in [-0.3, -0.25) is 19.3 Å². The predicted octanol–water partition coefficient (Wildman–Crippen LogP) is 5.60. The van der Waals surface area contributed by atoms with Crippen LogP contribution < -0.4 is 4.74 Å². The van der Waals surface area contributed by atoms with Gasteiger partial charge in [0.05, 0.1) is 11.5 Å². The smallest absolute Gasteiger partial charge is 0.294 e. The molecular formula is C29H36N2O4S. The van der Waals surface area contributed by atoms with E-state index in [1.54, 1.807) is 4.90 Å². The number of carbonyl (C=O) groups excluding carboxylic acids is 3. The molecule has 0 atom stereocenters. The Bertz CT molecular complexity index is 1070. The number of likely N-dealkylation sites (tertiary alicyclic amines) is 1. The third-order valence-corrected chi connectivity index (χ3v) is 10.0. The lowest BCUT2D eigenvalue weighted by Crippen LogP contribution is -2.48. The highest BCUT2D eigenvalue weighted by molar-refractivity contribution is 8.18. The van der Waals surface area contributed by atoms with E-state index in [1.165, 1.54) is 44.1 Å². The molecule has 0 aromatic heterocycles. The van der Waals surface area contributed by atoms with Gasteiger partial charge in [-0.25, -0.2) is 0 Å². The van der Waals surface area contributed by atoms with Crippen molar-refractivity contribution in [1.82, 2.24) is 9.80 Å². The molecule has 192 valence electrons. The minimum absolute atomic E-state index is 0.142. The maximum atomic E-state index is 13.2. The first-order chi connectivity index (χ1) is 17.4. The van der Waals surface area contributed by atoms with Crippen LogP contribution in [-0.2, 0) is 15.0 Å². The fraction of sp³-hybridized carbons (Fsp3) is 0.621. The zero-order valence-electron chi connectivity index (χ0n) is 21.2. The normalized spacial score (nSPS) is 32.6. The molecular weight excluding hydrogens is 472 g/mol. The summed E-state index contributed by atoms with van der Waals surface area (Å²) >= 11 is 0.930. The summed E-state index contributed by atoms with van der Waals surface area (Å²) in [6.45, 7) is 3.73. The Kier molecular flexibility index (Phi) is 6.39. The molecule has 2 aliphatic heterocycles. The van der Waals surface area contributed by atoms with Crippen LogP contribution in [0.2, 0.25) is 0 Å². The molecule has 6 aliphatic rings. The van der Waals surface area contributed by atoms with E-state index >= 15 is 0 Å². The van der Waals surface area contributed by atoms with E-state index in [9.17, 15) is 14.4 Å². The summed E-state index contributed by atoms with van der Waals surface area (Å²) in [4.78, 5) is 41.9. The van der Waals surface area contributed by atoms with Gasteiger partial charge in [0.25, 0.3) is 11.1 Å². The van der Waals surface area contributed by atoms with Gasteiger partial charge in [-0.15, -0.1) is 0 Å². The lowest BCUT2D eigenvalue weighted by molar-refractivity contribution is -0.136. The van der Waals surface area contributed by atoms with Gasteiger partial charge >= 0.3 is 0 Å². The largest absolute Gasteiger partial charge is 0.493 e. The van der Waals surface area contributed by atoms with Crippen LogP contribution in [0.3, 0.4) is 0 Å². The highest BCUT2D eigenvalue weighted by Gasteiger charge is 2.51. The zero-order valence-corrected chi connectivity index (χ0v) is 22.0. The molecule has 1 aromatic rings. The minimum Gasteiger partial charge on any atom is -0.493 e. The van der Waals surface area contributed by atoms with Crippen LogP contribution in [0.4, 0.5) is 4.79 Å². The summed E-state index contributed by atoms with van der Waals surface area (Å²) in [5.74, 6) is 2.76. The number of piperidine rings is 1. The number of thioether (sulfide) groups is 1. The summed E-state index contributed by atoms with van der Waals surface area (Å²) in [5.41, 5.74) is 2.45. The van der Waals surface area contributed by atoms with Crippen molar-refractivity contribution in [3.05, 3.63) is 34.2 Å². The molecule has 4 aliphatic carbocycles. The van der Waals surface area contributed by atoms with Crippen LogP contribution >= 0.6 is 11.8 Å². The van der Waals surface area contributed by atoms with Crippen molar-refractivity contribution in [3.63, 3.8) is 0 Å². The maximum Gasteiger partial charge on any atom is 0.294 e. The van der Waals surface area contributed by atoms with E-state index in [-0.39, 0.29) is 29.0 Å². The number of ether oxygens (including phenoxy) is 1. The minimum atomic E-state index is -0.377. The second-order valence-corrected chi connectivity index (χ2v) is 12.6. The van der Waals surface area contributed by atoms with Crippen molar-refractivity contribution in [2.45, 2.75) is 70.1 Å². The Morgan fingerprint density at radius 1 is 1.06 bits per heavy atom. The first kappa shape index (κ1) is 24.1. The average molecular weight is 509 g/mol. The van der Waals surface area contributed by atoms with Crippen LogP contribution in [0.15, 0.2) is 23.1 Å². The number of amides is 3. The molecule has 3 amide bonds. The SMILES string of the molecule is CCOc1ccc(C23CC4CC(CC(C4)C2)C3)cc1/C=C1\SC(=O)N(CC(=O)N2CCCCC2)C1=O. The molecule has 6 fully saturated rings. The Morgan fingerprint density at radius 2 is 1.72 bits per heavy atom. The molecule has 1 aromatic carbocycles. The third kappa shape index (κ3) is 4.37. The van der Waals surface area contributed by atoms with E-state index in [0.29, 0.717) is 24.6 Å². The topological polar surface area (TPSA) is 66.9 Å². The lowest BCUT2D eigenvalue weighted by atomic mass is 9.48. The summed E-state index contributed by atoms with van der Waals surface area (Å²) in [6, 6.07) is 6.50. The van der Waals surface area contributed by atoms with Gasteiger partial charge < -0.3 is 9.64 Å². The van der Waals surface area contributed by atoms with Crippen LogP contribution in [0.25, 0.3) is 6.08 Å². The highest BCUT2D eigenvalue weighted by atomic mass is 32.2. The van der Waals surface area contributed by atoms with Crippen LogP contribution in [0, 0.1) is 17.8 Å². The molecule has 2 saturated heterocycles. The van der Waals surface area contributed by atoms with Gasteiger partial charge in [-0.1, -0.05) is 6.07 Å². The number of imide groups is 1. The van der Waals surface area contributed by atoms with Gasteiger partial charge in [0.15, 0.2) is 0 Å². The van der Waals surface area contributed by atoms with Gasteiger partial charge in [0.1, 0.15) is 12.3 Å². The van der Waals surface area contributed by atoms with E-state index < -0.39 is 0 Å². The molecule has 4 saturated carbocycles. The number of benzene rings is 1. The molecule has 6 nitrogen and oxygen atoms in total. The first-order valence-corrected chi connectivity index (χ1v) is 14.6. The number of nitrogens with zero attached hydrogens (tertiary/aromatic N) is 2. The average Bonchev–Trinajstić information content (AvgIpc) is 3.12. The summed E-state index contributed by atoms with van der Waals surface area (Å²) in [6.07, 6.45) is 12.9. The summed E-state index contributed by atoms with van der Waals surface area (Å²) in [7, 11) is 0. The van der Waals surface area contributed by atoms with Crippen molar-refractivity contribution in [2.75, 3.05) is 26.2 Å². The van der Waals surface area contributed by atoms with Crippen molar-refractivity contribution < 1.29 is 19.1 Å². The van der Waals surface area contributed by atoms with Crippen molar-refractivity contribution in [2.24, 2.45) is 17.8 Å². The first-order valence-electron chi connectivity index (χ1n) is 13.7. The van der Waals surface area contributed by atoms with E-state index in [2.05, 4.69) is 12.1 Å². The Morgan fingerprint density at radius 3 is 2.36 bits per heavy atom. The number of rotatable bonds is 6. The Labute approximate surface area is 217 Å². The molecule has 0 spiro atoms. The van der Waals surface area contributed by atoms with Crippen molar-refractivity contribution >= 4 is 34.9 Å². The van der Waals surface area contributed by atoms with E-state index in [1.807, 2.05) is 19.1 Å². The maximum absolute atomic E-state index is 13.2.